The molecule has 2 aliphatic rings. The Hall–Kier alpha value is -2.68. The average Bonchev–Trinajstić information content (AvgIpc) is 3.09. The van der Waals surface area contributed by atoms with E-state index in [1.807, 2.05) is 0 Å². The van der Waals surface area contributed by atoms with Crippen LogP contribution in [0.5, 0.6) is 0 Å². The van der Waals surface area contributed by atoms with Gasteiger partial charge < -0.3 is 20.1 Å². The van der Waals surface area contributed by atoms with Gasteiger partial charge in [0.15, 0.2) is 0 Å². The van der Waals surface area contributed by atoms with Crippen molar-refractivity contribution in [3.8, 4) is 0 Å². The summed E-state index contributed by atoms with van der Waals surface area (Å²) in [6, 6.07) is 3.46. The molecule has 2 saturated heterocycles. The van der Waals surface area contributed by atoms with E-state index >= 15 is 0 Å². The fraction of sp³-hybridized carbons (Fsp3) is 0.500. The van der Waals surface area contributed by atoms with Crippen LogP contribution in [0.15, 0.2) is 18.2 Å². The zero-order valence-electron chi connectivity index (χ0n) is 14.8. The van der Waals surface area contributed by atoms with Gasteiger partial charge in [-0.1, -0.05) is 0 Å². The van der Waals surface area contributed by atoms with Crippen molar-refractivity contribution < 1.29 is 28.6 Å². The normalized spacial score (nSPS) is 17.7. The Morgan fingerprint density at radius 1 is 1.33 bits per heavy atom. The van der Waals surface area contributed by atoms with E-state index in [-0.39, 0.29) is 30.6 Å². The van der Waals surface area contributed by atoms with E-state index in [9.17, 15) is 18.8 Å². The highest BCUT2D eigenvalue weighted by Crippen LogP contribution is 2.24. The van der Waals surface area contributed by atoms with Gasteiger partial charge >= 0.3 is 12.0 Å². The highest BCUT2D eigenvalue weighted by atomic mass is 19.1. The van der Waals surface area contributed by atoms with E-state index in [4.69, 9.17) is 9.84 Å². The molecular weight excluding hydrogens is 357 g/mol. The number of benzene rings is 1. The standard InChI is InChI=1S/C18H22FN3O5/c19-15-2-1-13(22-8-6-20-18(22)26)11-14(15)17(25)21(7-3-16(23)24)12-4-9-27-10-5-12/h1-2,11-12H,3-10H2,(H,20,26)(H,23,24). The number of halogens is 1. The van der Waals surface area contributed by atoms with Gasteiger partial charge in [0.25, 0.3) is 5.91 Å². The predicted octanol–water partition coefficient (Wildman–Crippen LogP) is 1.45. The van der Waals surface area contributed by atoms with Crippen molar-refractivity contribution in [3.05, 3.63) is 29.6 Å². The van der Waals surface area contributed by atoms with E-state index in [0.717, 1.165) is 6.07 Å². The molecule has 0 saturated carbocycles. The summed E-state index contributed by atoms with van der Waals surface area (Å²) in [7, 11) is 0. The molecule has 0 unspecified atom stereocenters. The third-order valence-corrected chi connectivity index (χ3v) is 4.81. The van der Waals surface area contributed by atoms with Crippen molar-refractivity contribution in [3.63, 3.8) is 0 Å². The number of hydrogen-bond donors (Lipinski definition) is 2. The van der Waals surface area contributed by atoms with Crippen LogP contribution < -0.4 is 10.2 Å². The molecule has 2 aliphatic heterocycles. The third-order valence-electron chi connectivity index (χ3n) is 4.81. The number of amides is 3. The highest BCUT2D eigenvalue weighted by molar-refractivity contribution is 5.99. The summed E-state index contributed by atoms with van der Waals surface area (Å²) >= 11 is 0. The molecule has 1 aromatic carbocycles. The Morgan fingerprint density at radius 3 is 2.70 bits per heavy atom. The second kappa shape index (κ2) is 8.34. The predicted molar refractivity (Wildman–Crippen MR) is 94.3 cm³/mol. The maximum absolute atomic E-state index is 14.4. The number of nitrogens with one attached hydrogen (secondary N) is 1. The van der Waals surface area contributed by atoms with Crippen LogP contribution in [0.3, 0.4) is 0 Å². The smallest absolute Gasteiger partial charge is 0.321 e. The number of urea groups is 1. The quantitative estimate of drug-likeness (QED) is 0.779. The van der Waals surface area contributed by atoms with E-state index < -0.39 is 17.7 Å². The van der Waals surface area contributed by atoms with Crippen LogP contribution in [0, 0.1) is 5.82 Å². The monoisotopic (exact) mass is 379 g/mol. The van der Waals surface area contributed by atoms with Gasteiger partial charge in [-0.25, -0.2) is 9.18 Å². The lowest BCUT2D eigenvalue weighted by atomic mass is 10.0. The highest BCUT2D eigenvalue weighted by Gasteiger charge is 2.30. The van der Waals surface area contributed by atoms with Gasteiger partial charge in [-0.3, -0.25) is 14.5 Å². The molecule has 1 aromatic rings. The van der Waals surface area contributed by atoms with Crippen LogP contribution in [0.4, 0.5) is 14.9 Å². The topological polar surface area (TPSA) is 99.2 Å². The van der Waals surface area contributed by atoms with Gasteiger partial charge in [-0.2, -0.15) is 0 Å². The average molecular weight is 379 g/mol. The van der Waals surface area contributed by atoms with Crippen molar-refractivity contribution in [1.82, 2.24) is 10.2 Å². The summed E-state index contributed by atoms with van der Waals surface area (Å²) in [6.45, 7) is 1.84. The Labute approximate surface area is 155 Å². The number of ether oxygens (including phenoxy) is 1. The summed E-state index contributed by atoms with van der Waals surface area (Å²) in [5.74, 6) is -2.29. The van der Waals surface area contributed by atoms with Gasteiger partial charge in [-0.15, -0.1) is 0 Å². The molecule has 0 bridgehead atoms. The zero-order chi connectivity index (χ0) is 19.4. The molecular formula is C18H22FN3O5. The number of anilines is 1. The second-order valence-corrected chi connectivity index (χ2v) is 6.53. The maximum atomic E-state index is 14.4. The van der Waals surface area contributed by atoms with E-state index in [2.05, 4.69) is 5.32 Å². The van der Waals surface area contributed by atoms with Crippen molar-refractivity contribution in [2.24, 2.45) is 0 Å². The van der Waals surface area contributed by atoms with Gasteiger partial charge in [0.05, 0.1) is 12.0 Å². The number of hydrogen-bond acceptors (Lipinski definition) is 4. The molecule has 2 fully saturated rings. The van der Waals surface area contributed by atoms with Crippen LogP contribution in [-0.4, -0.2) is 66.8 Å². The number of carbonyl (C=O) groups is 3. The number of nitrogens with zero attached hydrogens (tertiary/aromatic N) is 2. The molecule has 2 heterocycles. The first-order valence-corrected chi connectivity index (χ1v) is 8.93. The minimum atomic E-state index is -1.03. The van der Waals surface area contributed by atoms with Crippen molar-refractivity contribution in [2.45, 2.75) is 25.3 Å². The van der Waals surface area contributed by atoms with Crippen molar-refractivity contribution >= 4 is 23.6 Å². The first kappa shape index (κ1) is 19.1. The third kappa shape index (κ3) is 4.36. The molecule has 2 N–H and O–H groups in total. The Bertz CT molecular complexity index is 736. The van der Waals surface area contributed by atoms with Crippen LogP contribution in [0.1, 0.15) is 29.6 Å². The Balaban J connectivity index is 1.87. The second-order valence-electron chi connectivity index (χ2n) is 6.53. The number of aliphatic carboxylic acids is 1. The molecule has 3 rings (SSSR count). The summed E-state index contributed by atoms with van der Waals surface area (Å²) in [5, 5.41) is 11.7. The van der Waals surface area contributed by atoms with Gasteiger partial charge in [0.1, 0.15) is 5.82 Å². The molecule has 8 nitrogen and oxygen atoms in total. The van der Waals surface area contributed by atoms with Crippen LogP contribution in [-0.2, 0) is 9.53 Å². The molecule has 27 heavy (non-hydrogen) atoms. The first-order chi connectivity index (χ1) is 13.0. The lowest BCUT2D eigenvalue weighted by Gasteiger charge is -2.34. The minimum absolute atomic E-state index is 0.00724. The molecule has 146 valence electrons. The molecule has 0 aliphatic carbocycles. The van der Waals surface area contributed by atoms with E-state index in [0.29, 0.717) is 44.8 Å². The molecule has 0 spiro atoms. The summed E-state index contributed by atoms with van der Waals surface area (Å²) in [4.78, 5) is 38.8. The fourth-order valence-electron chi connectivity index (χ4n) is 3.38. The maximum Gasteiger partial charge on any atom is 0.321 e. The fourth-order valence-corrected chi connectivity index (χ4v) is 3.38. The lowest BCUT2D eigenvalue weighted by Crippen LogP contribution is -2.44. The summed E-state index contributed by atoms with van der Waals surface area (Å²) < 4.78 is 19.7. The molecule has 3 amide bonds. The lowest BCUT2D eigenvalue weighted by molar-refractivity contribution is -0.137. The van der Waals surface area contributed by atoms with Gasteiger partial charge in [0.2, 0.25) is 0 Å². The molecule has 0 atom stereocenters. The number of carboxylic acids is 1. The number of carboxylic acid groups (broad SMARTS) is 1. The molecule has 0 radical (unpaired) electrons. The Kier molecular flexibility index (Phi) is 5.90. The van der Waals surface area contributed by atoms with Gasteiger partial charge in [-0.05, 0) is 31.0 Å². The molecule has 0 aromatic heterocycles. The summed E-state index contributed by atoms with van der Waals surface area (Å²) in [5.41, 5.74) is 0.268. The number of rotatable bonds is 6. The summed E-state index contributed by atoms with van der Waals surface area (Å²) in [6.07, 6.45) is 0.918. The largest absolute Gasteiger partial charge is 0.481 e. The van der Waals surface area contributed by atoms with Crippen LogP contribution >= 0.6 is 0 Å². The Morgan fingerprint density at radius 2 is 2.07 bits per heavy atom. The number of carbonyl (C=O) groups excluding carboxylic acids is 2. The minimum Gasteiger partial charge on any atom is -0.481 e. The van der Waals surface area contributed by atoms with Crippen LogP contribution in [0.25, 0.3) is 0 Å². The van der Waals surface area contributed by atoms with Crippen molar-refractivity contribution in [2.75, 3.05) is 37.7 Å². The van der Waals surface area contributed by atoms with E-state index in [1.165, 1.54) is 21.9 Å². The SMILES string of the molecule is O=C(O)CCN(C(=O)c1cc(N2CCNC2=O)ccc1F)C1CCOCC1. The van der Waals surface area contributed by atoms with E-state index in [1.54, 1.807) is 0 Å². The first-order valence-electron chi connectivity index (χ1n) is 8.93. The van der Waals surface area contributed by atoms with Crippen LogP contribution in [0.2, 0.25) is 0 Å². The van der Waals surface area contributed by atoms with Gasteiger partial charge in [0, 0.05) is 44.6 Å². The zero-order valence-corrected chi connectivity index (χ0v) is 14.8. The van der Waals surface area contributed by atoms with Crippen molar-refractivity contribution in [1.29, 1.82) is 0 Å². The molecule has 9 heteroatoms.